The summed E-state index contributed by atoms with van der Waals surface area (Å²) in [6.07, 6.45) is 6.16. The third-order valence-electron chi connectivity index (χ3n) is 4.33. The smallest absolute Gasteiger partial charge is 0.161 e. The molecule has 0 unspecified atom stereocenters. The van der Waals surface area contributed by atoms with Gasteiger partial charge in [0.2, 0.25) is 0 Å². The molecule has 0 radical (unpaired) electrons. The van der Waals surface area contributed by atoms with E-state index in [2.05, 4.69) is 26.8 Å². The molecule has 1 heteroatoms. The summed E-state index contributed by atoms with van der Waals surface area (Å²) in [6, 6.07) is 0. The second-order valence-electron chi connectivity index (χ2n) is 4.92. The molecule has 0 aromatic carbocycles. The van der Waals surface area contributed by atoms with Gasteiger partial charge in [-0.2, -0.15) is 0 Å². The Balaban J connectivity index is 2.54. The summed E-state index contributed by atoms with van der Waals surface area (Å²) in [6.45, 7) is 6.58. The number of hydrogen-bond donors (Lipinski definition) is 0. The van der Waals surface area contributed by atoms with Crippen molar-refractivity contribution in [2.45, 2.75) is 33.6 Å². The van der Waals surface area contributed by atoms with Gasteiger partial charge in [-0.25, -0.2) is 0 Å². The van der Waals surface area contributed by atoms with Crippen LogP contribution in [-0.2, 0) is 4.79 Å². The maximum atomic E-state index is 11.7. The van der Waals surface area contributed by atoms with Crippen LogP contribution in [0.15, 0.2) is 12.2 Å². The number of ketones is 1. The average Bonchev–Trinajstić information content (AvgIpc) is 2.17. The molecular weight excluding hydrogens is 148 g/mol. The summed E-state index contributed by atoms with van der Waals surface area (Å²) in [7, 11) is 0. The minimum absolute atomic E-state index is 0.0770. The largest absolute Gasteiger partial charge is 0.294 e. The van der Waals surface area contributed by atoms with E-state index >= 15 is 0 Å². The second-order valence-corrected chi connectivity index (χ2v) is 4.92. The van der Waals surface area contributed by atoms with Crippen molar-refractivity contribution in [1.29, 1.82) is 0 Å². The van der Waals surface area contributed by atoms with Gasteiger partial charge in [-0.3, -0.25) is 4.79 Å². The van der Waals surface area contributed by atoms with E-state index in [1.54, 1.807) is 6.08 Å². The zero-order valence-electron chi connectivity index (χ0n) is 8.05. The van der Waals surface area contributed by atoms with Crippen LogP contribution in [0.4, 0.5) is 0 Å². The van der Waals surface area contributed by atoms with E-state index in [1.807, 2.05) is 0 Å². The lowest BCUT2D eigenvalue weighted by molar-refractivity contribution is -0.129. The minimum atomic E-state index is -0.0770. The van der Waals surface area contributed by atoms with Gasteiger partial charge in [-0.15, -0.1) is 0 Å². The average molecular weight is 164 g/mol. The summed E-state index contributed by atoms with van der Waals surface area (Å²) in [5.74, 6) is 0.960. The Morgan fingerprint density at radius 2 is 2.08 bits per heavy atom. The van der Waals surface area contributed by atoms with Crippen LogP contribution < -0.4 is 0 Å². The van der Waals surface area contributed by atoms with Crippen LogP contribution >= 0.6 is 0 Å². The van der Waals surface area contributed by atoms with Gasteiger partial charge in [0.1, 0.15) is 0 Å². The predicted octanol–water partition coefficient (Wildman–Crippen LogP) is 2.57. The fourth-order valence-corrected chi connectivity index (χ4v) is 2.70. The van der Waals surface area contributed by atoms with Crippen LogP contribution in [-0.4, -0.2) is 5.78 Å². The highest BCUT2D eigenvalue weighted by Gasteiger charge is 2.55. The van der Waals surface area contributed by atoms with Crippen molar-refractivity contribution in [1.82, 2.24) is 0 Å². The molecule has 12 heavy (non-hydrogen) atoms. The third-order valence-corrected chi connectivity index (χ3v) is 4.33. The van der Waals surface area contributed by atoms with Crippen LogP contribution in [0.2, 0.25) is 0 Å². The molecule has 66 valence electrons. The summed E-state index contributed by atoms with van der Waals surface area (Å²) in [4.78, 5) is 11.7. The molecule has 0 aliphatic heterocycles. The number of hydrogen-bond acceptors (Lipinski definition) is 1. The molecule has 0 N–H and O–H groups in total. The Morgan fingerprint density at radius 3 is 2.67 bits per heavy atom. The molecule has 1 fully saturated rings. The van der Waals surface area contributed by atoms with Crippen molar-refractivity contribution in [2.75, 3.05) is 0 Å². The van der Waals surface area contributed by atoms with Gasteiger partial charge in [0.05, 0.1) is 0 Å². The molecule has 0 aromatic heterocycles. The number of carbonyl (C=O) groups is 1. The molecule has 2 bridgehead atoms. The Kier molecular flexibility index (Phi) is 1.35. The van der Waals surface area contributed by atoms with E-state index in [0.29, 0.717) is 11.7 Å². The number of fused-ring (bicyclic) bond motifs is 2. The summed E-state index contributed by atoms with van der Waals surface area (Å²) >= 11 is 0. The van der Waals surface area contributed by atoms with E-state index in [-0.39, 0.29) is 10.8 Å². The molecule has 2 aliphatic rings. The van der Waals surface area contributed by atoms with E-state index in [0.717, 1.165) is 6.42 Å². The maximum absolute atomic E-state index is 11.7. The monoisotopic (exact) mass is 164 g/mol. The molecule has 0 aromatic rings. The first kappa shape index (κ1) is 8.03. The van der Waals surface area contributed by atoms with E-state index in [9.17, 15) is 4.79 Å². The Bertz CT molecular complexity index is 262. The molecule has 2 aliphatic carbocycles. The highest BCUT2D eigenvalue weighted by atomic mass is 16.1. The fourth-order valence-electron chi connectivity index (χ4n) is 2.70. The Hall–Kier alpha value is -0.590. The predicted molar refractivity (Wildman–Crippen MR) is 48.8 cm³/mol. The van der Waals surface area contributed by atoms with E-state index < -0.39 is 0 Å². The van der Waals surface area contributed by atoms with Gasteiger partial charge in [-0.1, -0.05) is 26.8 Å². The second kappa shape index (κ2) is 2.01. The van der Waals surface area contributed by atoms with Crippen molar-refractivity contribution in [3.05, 3.63) is 12.2 Å². The Labute approximate surface area is 73.8 Å². The normalized spacial score (nSPS) is 43.6. The van der Waals surface area contributed by atoms with Crippen molar-refractivity contribution in [3.63, 3.8) is 0 Å². The molecular formula is C11H16O. The van der Waals surface area contributed by atoms with E-state index in [1.165, 1.54) is 6.42 Å². The standard InChI is InChI=1S/C11H16O/c1-10(2)8-4-5-9(12)11(10,3)7-6-8/h4-5,8H,6-7H2,1-3H3/t8-,11-/m1/s1. The molecule has 0 amide bonds. The van der Waals surface area contributed by atoms with Gasteiger partial charge in [0.15, 0.2) is 5.78 Å². The lowest BCUT2D eigenvalue weighted by Crippen LogP contribution is -2.41. The highest BCUT2D eigenvalue weighted by molar-refractivity contribution is 5.96. The highest BCUT2D eigenvalue weighted by Crippen LogP contribution is 2.58. The molecule has 1 saturated carbocycles. The van der Waals surface area contributed by atoms with Crippen LogP contribution in [0.1, 0.15) is 33.6 Å². The van der Waals surface area contributed by atoms with E-state index in [4.69, 9.17) is 0 Å². The van der Waals surface area contributed by atoms with Crippen LogP contribution in [0.25, 0.3) is 0 Å². The van der Waals surface area contributed by atoms with Crippen LogP contribution in [0.5, 0.6) is 0 Å². The molecule has 0 heterocycles. The number of carbonyl (C=O) groups excluding carboxylic acids is 1. The molecule has 1 nitrogen and oxygen atoms in total. The SMILES string of the molecule is CC1(C)[C@@H]2C=CC(=O)[C@@]1(C)CC2. The Morgan fingerprint density at radius 1 is 1.42 bits per heavy atom. The lowest BCUT2D eigenvalue weighted by atomic mass is 9.61. The third kappa shape index (κ3) is 0.675. The van der Waals surface area contributed by atoms with Crippen molar-refractivity contribution < 1.29 is 4.79 Å². The first-order chi connectivity index (χ1) is 5.48. The molecule has 2 atom stereocenters. The van der Waals surface area contributed by atoms with Gasteiger partial charge in [-0.05, 0) is 30.3 Å². The van der Waals surface area contributed by atoms with Gasteiger partial charge in [0, 0.05) is 5.41 Å². The van der Waals surface area contributed by atoms with Crippen molar-refractivity contribution in [2.24, 2.45) is 16.7 Å². The molecule has 2 rings (SSSR count). The minimum Gasteiger partial charge on any atom is -0.294 e. The van der Waals surface area contributed by atoms with Gasteiger partial charge in [0.25, 0.3) is 0 Å². The fraction of sp³-hybridized carbons (Fsp3) is 0.727. The summed E-state index contributed by atoms with van der Waals surface area (Å²) in [5.41, 5.74) is 0.102. The quantitative estimate of drug-likeness (QED) is 0.537. The maximum Gasteiger partial charge on any atom is 0.161 e. The number of rotatable bonds is 0. The van der Waals surface area contributed by atoms with Crippen LogP contribution in [0.3, 0.4) is 0 Å². The number of allylic oxidation sites excluding steroid dienone is 2. The van der Waals surface area contributed by atoms with Gasteiger partial charge < -0.3 is 0 Å². The lowest BCUT2D eigenvalue weighted by Gasteiger charge is -2.41. The molecule has 0 saturated heterocycles. The topological polar surface area (TPSA) is 17.1 Å². The van der Waals surface area contributed by atoms with Crippen LogP contribution in [0, 0.1) is 16.7 Å². The zero-order chi connectivity index (χ0) is 8.98. The first-order valence-electron chi connectivity index (χ1n) is 4.71. The summed E-state index contributed by atoms with van der Waals surface area (Å²) in [5, 5.41) is 0. The zero-order valence-corrected chi connectivity index (χ0v) is 8.05. The van der Waals surface area contributed by atoms with Crippen molar-refractivity contribution >= 4 is 5.78 Å². The van der Waals surface area contributed by atoms with Gasteiger partial charge >= 0.3 is 0 Å². The summed E-state index contributed by atoms with van der Waals surface area (Å²) < 4.78 is 0. The molecule has 0 spiro atoms. The first-order valence-corrected chi connectivity index (χ1v) is 4.71. The van der Waals surface area contributed by atoms with Crippen molar-refractivity contribution in [3.8, 4) is 0 Å².